The van der Waals surface area contributed by atoms with Crippen molar-refractivity contribution in [3.63, 3.8) is 0 Å². The summed E-state index contributed by atoms with van der Waals surface area (Å²) in [6.45, 7) is 0. The van der Waals surface area contributed by atoms with Crippen LogP contribution >= 0.6 is 23.2 Å². The monoisotopic (exact) mass is 596 g/mol. The summed E-state index contributed by atoms with van der Waals surface area (Å²) in [4.78, 5) is 20.6. The van der Waals surface area contributed by atoms with Crippen molar-refractivity contribution in [3.8, 4) is 0 Å². The average Bonchev–Trinajstić information content (AvgIpc) is 2.71. The Labute approximate surface area is 258 Å². The molecular formula is C14H12Cl2N10Na2O6S2. The van der Waals surface area contributed by atoms with E-state index in [0.29, 0.717) is 6.07 Å². The summed E-state index contributed by atoms with van der Waals surface area (Å²) in [5.74, 6) is -0.631. The molecule has 1 aromatic carbocycles. The Bertz CT molecular complexity index is 1380. The van der Waals surface area contributed by atoms with Crippen LogP contribution in [0.4, 0.5) is 35.2 Å². The first kappa shape index (κ1) is 32.9. The van der Waals surface area contributed by atoms with Crippen molar-refractivity contribution in [2.75, 3.05) is 35.4 Å². The number of anilines is 6. The Morgan fingerprint density at radius 1 is 0.639 bits per heavy atom. The molecule has 4 N–H and O–H groups in total. The normalized spacial score (nSPS) is 11.1. The topological polar surface area (TPSA) is 240 Å². The first-order valence-electron chi connectivity index (χ1n) is 8.62. The van der Waals surface area contributed by atoms with Crippen molar-refractivity contribution in [1.82, 2.24) is 29.9 Å². The zero-order valence-corrected chi connectivity index (χ0v) is 26.0. The Balaban J connectivity index is 0.00000324. The van der Waals surface area contributed by atoms with E-state index >= 15 is 0 Å². The fraction of sp³-hybridized carbons (Fsp3) is 0.143. The molecule has 0 aliphatic heterocycles. The van der Waals surface area contributed by atoms with Gasteiger partial charge in [0.1, 0.15) is 20.2 Å². The maximum absolute atomic E-state index is 11.8. The molecule has 0 bridgehead atoms. The van der Waals surface area contributed by atoms with E-state index in [1.54, 1.807) is 0 Å². The van der Waals surface area contributed by atoms with Crippen LogP contribution < -0.4 is 80.4 Å². The number of aromatic nitrogens is 6. The van der Waals surface area contributed by atoms with Crippen molar-refractivity contribution in [1.29, 1.82) is 0 Å². The van der Waals surface area contributed by atoms with Gasteiger partial charge in [-0.25, -0.2) is 16.8 Å². The number of hydrogen-bond donors (Lipinski definition) is 4. The van der Waals surface area contributed by atoms with Gasteiger partial charge in [0.05, 0.1) is 21.2 Å². The second-order valence-corrected chi connectivity index (χ2v) is 9.38. The second-order valence-electron chi connectivity index (χ2n) is 6.01. The van der Waals surface area contributed by atoms with Crippen LogP contribution in [-0.2, 0) is 20.2 Å². The Kier molecular flexibility index (Phi) is 11.9. The van der Waals surface area contributed by atoms with Crippen LogP contribution in [0, 0.1) is 0 Å². The molecule has 2 heterocycles. The van der Waals surface area contributed by atoms with Crippen molar-refractivity contribution < 1.29 is 85.1 Å². The molecule has 0 radical (unpaired) electrons. The van der Waals surface area contributed by atoms with E-state index in [-0.39, 0.29) is 93.5 Å². The predicted molar refractivity (Wildman–Crippen MR) is 118 cm³/mol. The van der Waals surface area contributed by atoms with Gasteiger partial charge in [0.25, 0.3) is 0 Å². The van der Waals surface area contributed by atoms with Crippen LogP contribution in [0.5, 0.6) is 0 Å². The molecule has 0 unspecified atom stereocenters. The quantitative estimate of drug-likeness (QED) is 0.140. The minimum Gasteiger partial charge on any atom is -0.744 e. The van der Waals surface area contributed by atoms with E-state index in [1.807, 2.05) is 0 Å². The third-order valence-electron chi connectivity index (χ3n) is 3.78. The van der Waals surface area contributed by atoms with E-state index in [0.717, 1.165) is 6.07 Å². The summed E-state index contributed by atoms with van der Waals surface area (Å²) in [6.07, 6.45) is 0. The minimum atomic E-state index is -5.30. The minimum absolute atomic E-state index is 0. The van der Waals surface area contributed by atoms with Gasteiger partial charge in [-0.05, 0) is 35.3 Å². The van der Waals surface area contributed by atoms with Gasteiger partial charge in [-0.15, -0.1) is 0 Å². The van der Waals surface area contributed by atoms with Crippen LogP contribution in [0.25, 0.3) is 0 Å². The largest absolute Gasteiger partial charge is 1.00 e. The van der Waals surface area contributed by atoms with Gasteiger partial charge >= 0.3 is 59.1 Å². The maximum atomic E-state index is 11.8. The molecule has 0 aliphatic rings. The van der Waals surface area contributed by atoms with Gasteiger partial charge in [-0.1, -0.05) is 0 Å². The zero-order valence-electron chi connectivity index (χ0n) is 18.9. The Morgan fingerprint density at radius 2 is 0.972 bits per heavy atom. The van der Waals surface area contributed by atoms with Crippen molar-refractivity contribution in [3.05, 3.63) is 22.7 Å². The van der Waals surface area contributed by atoms with E-state index in [4.69, 9.17) is 23.2 Å². The smallest absolute Gasteiger partial charge is 0.744 e. The standard InChI is InChI=1S/C14H14Cl2N10O6S2.2Na/c1-17-11-21-9(15)23-13(25-11)19-5-3-6(20-14-24-10(16)22-12(18-2)26-14)8(34(30,31)32)4-7(5)33(27,28)29;;/h3-4H,1-2H3,(H,27,28,29)(H,30,31,32)(H2,17,19,21,23,25)(H2,18,20,22,24,26);;/q;2*+1/p-2. The van der Waals surface area contributed by atoms with Crippen LogP contribution in [0.3, 0.4) is 0 Å². The van der Waals surface area contributed by atoms with Gasteiger partial charge in [-0.2, -0.15) is 29.9 Å². The zero-order chi connectivity index (χ0) is 25.3. The van der Waals surface area contributed by atoms with Crippen molar-refractivity contribution in [2.24, 2.45) is 0 Å². The molecule has 36 heavy (non-hydrogen) atoms. The molecule has 3 aromatic rings. The number of halogens is 2. The SMILES string of the molecule is CNc1nc(Cl)nc(Nc2cc(Nc3nc(Cl)nc(NC)n3)c(S(=O)(=O)[O-])cc2S(=O)(=O)[O-])n1.[Na+].[Na+]. The number of rotatable bonds is 8. The molecule has 0 atom stereocenters. The predicted octanol–water partition coefficient (Wildman–Crippen LogP) is -5.25. The number of hydrogen-bond acceptors (Lipinski definition) is 16. The second kappa shape index (κ2) is 13.1. The first-order valence-corrected chi connectivity index (χ1v) is 12.2. The maximum Gasteiger partial charge on any atom is 1.00 e. The van der Waals surface area contributed by atoms with E-state index in [2.05, 4.69) is 51.2 Å². The molecule has 0 aliphatic carbocycles. The molecule has 0 spiro atoms. The van der Waals surface area contributed by atoms with Crippen molar-refractivity contribution in [2.45, 2.75) is 9.79 Å². The summed E-state index contributed by atoms with van der Waals surface area (Å²) < 4.78 is 71.1. The van der Waals surface area contributed by atoms with Crippen LogP contribution in [0.1, 0.15) is 0 Å². The fourth-order valence-corrected chi connectivity index (χ4v) is 4.12. The van der Waals surface area contributed by atoms with E-state index in [9.17, 15) is 25.9 Å². The Morgan fingerprint density at radius 3 is 1.28 bits per heavy atom. The third kappa shape index (κ3) is 8.43. The van der Waals surface area contributed by atoms with Gasteiger partial charge < -0.3 is 30.4 Å². The van der Waals surface area contributed by atoms with Gasteiger partial charge in [0, 0.05) is 14.1 Å². The molecule has 3 rings (SSSR count). The average molecular weight is 597 g/mol. The van der Waals surface area contributed by atoms with Crippen LogP contribution in [0.2, 0.25) is 10.6 Å². The fourth-order valence-electron chi connectivity index (χ4n) is 2.45. The van der Waals surface area contributed by atoms with Gasteiger partial charge in [0.15, 0.2) is 0 Å². The summed E-state index contributed by atoms with van der Waals surface area (Å²) in [5.41, 5.74) is -0.994. The molecule has 16 nitrogen and oxygen atoms in total. The number of nitrogens with zero attached hydrogens (tertiary/aromatic N) is 6. The first-order chi connectivity index (χ1) is 15.8. The summed E-state index contributed by atoms with van der Waals surface area (Å²) in [5, 5.41) is 9.48. The van der Waals surface area contributed by atoms with Crippen LogP contribution in [0.15, 0.2) is 21.9 Å². The molecule has 182 valence electrons. The van der Waals surface area contributed by atoms with Crippen LogP contribution in [-0.4, -0.2) is 69.9 Å². The molecule has 22 heteroatoms. The molecule has 0 amide bonds. The molecular weight excluding hydrogens is 585 g/mol. The van der Waals surface area contributed by atoms with E-state index in [1.165, 1.54) is 14.1 Å². The number of nitrogens with one attached hydrogen (secondary N) is 4. The Hall–Kier alpha value is -1.16. The molecule has 0 saturated carbocycles. The summed E-state index contributed by atoms with van der Waals surface area (Å²) in [7, 11) is -7.67. The van der Waals surface area contributed by atoms with Gasteiger partial charge in [-0.3, -0.25) is 0 Å². The molecule has 0 fully saturated rings. The van der Waals surface area contributed by atoms with Gasteiger partial charge in [0.2, 0.25) is 34.4 Å². The third-order valence-corrected chi connectivity index (χ3v) is 5.87. The molecule has 0 saturated heterocycles. The summed E-state index contributed by atoms with van der Waals surface area (Å²) in [6, 6.07) is 1.21. The van der Waals surface area contributed by atoms with Crippen molar-refractivity contribution >= 4 is 78.6 Å². The molecule has 2 aromatic heterocycles. The van der Waals surface area contributed by atoms with E-state index < -0.39 is 41.4 Å². The number of benzene rings is 1. The summed E-state index contributed by atoms with van der Waals surface area (Å²) >= 11 is 11.6.